The van der Waals surface area contributed by atoms with Crippen LogP contribution in [0.5, 0.6) is 0 Å². The fraction of sp³-hybridized carbons (Fsp3) is 0.357. The number of aliphatic hydroxyl groups is 3. The van der Waals surface area contributed by atoms with Crippen LogP contribution in [0, 0.1) is 0 Å². The van der Waals surface area contributed by atoms with Gasteiger partial charge in [-0.25, -0.2) is 4.98 Å². The summed E-state index contributed by atoms with van der Waals surface area (Å²) in [5, 5.41) is 47.7. The summed E-state index contributed by atoms with van der Waals surface area (Å²) >= 11 is 0. The summed E-state index contributed by atoms with van der Waals surface area (Å²) in [6.07, 6.45) is -2.52. The lowest BCUT2D eigenvalue weighted by Crippen LogP contribution is -2.30. The average Bonchev–Trinajstić information content (AvgIpc) is 3.75. The Balaban J connectivity index is 1.35. The molecular formula is C28H32N10O4. The lowest BCUT2D eigenvalue weighted by atomic mass is 10.1. The first-order valence-electron chi connectivity index (χ1n) is 13.8. The van der Waals surface area contributed by atoms with Gasteiger partial charge in [0.2, 0.25) is 11.8 Å². The van der Waals surface area contributed by atoms with E-state index in [4.69, 9.17) is 14.7 Å². The lowest BCUT2D eigenvalue weighted by Gasteiger charge is -2.22. The second-order valence-corrected chi connectivity index (χ2v) is 9.94. The standard InChI is InChI=1S/C28H32N10O4/c1-2-38-34-25(33-35-38)23-21(40)22(41)27(42-23)37-16-30-20-24(29-15-19-11-7-4-8-12-19)31-28(32-26(20)37)36(17-39)14-13-18-9-5-3-6-10-18/h3-12,16,21-23,27,39-41H,2,13-15,17H2,1H3,(H,29,31,32)/t21-,22+,23-,27+/m0/s1. The number of rotatable bonds is 11. The van der Waals surface area contributed by atoms with Gasteiger partial charge in [-0.05, 0) is 29.7 Å². The van der Waals surface area contributed by atoms with Gasteiger partial charge in [-0.3, -0.25) is 4.57 Å². The van der Waals surface area contributed by atoms with Crippen LogP contribution in [0.2, 0.25) is 0 Å². The molecule has 5 aromatic rings. The maximum absolute atomic E-state index is 11.0. The summed E-state index contributed by atoms with van der Waals surface area (Å²) in [5.41, 5.74) is 2.96. The largest absolute Gasteiger partial charge is 0.387 e. The second kappa shape index (κ2) is 12.2. The van der Waals surface area contributed by atoms with Crippen molar-refractivity contribution >= 4 is 22.9 Å². The van der Waals surface area contributed by atoms with Crippen LogP contribution in [0.4, 0.5) is 11.8 Å². The summed E-state index contributed by atoms with van der Waals surface area (Å²) in [7, 11) is 0. The van der Waals surface area contributed by atoms with E-state index in [-0.39, 0.29) is 18.5 Å². The van der Waals surface area contributed by atoms with Crippen molar-refractivity contribution in [2.45, 2.75) is 51.0 Å². The third-order valence-corrected chi connectivity index (χ3v) is 7.20. The SMILES string of the molecule is CCn1nnc([C@H]2O[C@@H](n3cnc4c(NCc5ccccc5)nc(N(CO)CCc5ccccc5)nc43)[C@H](O)[C@@H]2O)n1. The van der Waals surface area contributed by atoms with E-state index in [0.717, 1.165) is 11.1 Å². The summed E-state index contributed by atoms with van der Waals surface area (Å²) < 4.78 is 7.64. The first-order chi connectivity index (χ1) is 20.6. The zero-order valence-electron chi connectivity index (χ0n) is 23.0. The van der Waals surface area contributed by atoms with Gasteiger partial charge >= 0.3 is 0 Å². The van der Waals surface area contributed by atoms with Crippen molar-refractivity contribution in [3.63, 3.8) is 0 Å². The Morgan fingerprint density at radius 3 is 2.40 bits per heavy atom. The van der Waals surface area contributed by atoms with Gasteiger partial charge in [0.15, 0.2) is 29.3 Å². The molecule has 0 amide bonds. The van der Waals surface area contributed by atoms with Gasteiger partial charge in [-0.1, -0.05) is 60.7 Å². The maximum Gasteiger partial charge on any atom is 0.231 e. The number of anilines is 2. The molecule has 14 heteroatoms. The average molecular weight is 573 g/mol. The molecule has 4 heterocycles. The van der Waals surface area contributed by atoms with Gasteiger partial charge in [0.25, 0.3) is 0 Å². The number of tetrazole rings is 1. The molecule has 6 rings (SSSR count). The molecule has 2 aromatic carbocycles. The molecule has 1 saturated heterocycles. The van der Waals surface area contributed by atoms with Crippen LogP contribution in [0.15, 0.2) is 67.0 Å². The number of hydrogen-bond donors (Lipinski definition) is 4. The maximum atomic E-state index is 11.0. The summed E-state index contributed by atoms with van der Waals surface area (Å²) in [4.78, 5) is 17.1. The number of nitrogens with zero attached hydrogens (tertiary/aromatic N) is 9. The summed E-state index contributed by atoms with van der Waals surface area (Å²) in [6.45, 7) is 2.98. The molecule has 14 nitrogen and oxygen atoms in total. The lowest BCUT2D eigenvalue weighted by molar-refractivity contribution is -0.0384. The van der Waals surface area contributed by atoms with Crippen molar-refractivity contribution in [1.29, 1.82) is 0 Å². The molecule has 1 aliphatic rings. The van der Waals surface area contributed by atoms with E-state index in [1.165, 1.54) is 11.1 Å². The van der Waals surface area contributed by atoms with E-state index in [2.05, 4.69) is 25.7 Å². The molecule has 4 N–H and O–H groups in total. The molecule has 42 heavy (non-hydrogen) atoms. The highest BCUT2D eigenvalue weighted by molar-refractivity contribution is 5.84. The normalized spacial score (nSPS) is 20.3. The Labute approximate surface area is 241 Å². The molecule has 0 unspecified atom stereocenters. The minimum absolute atomic E-state index is 0.170. The molecule has 0 aliphatic carbocycles. The van der Waals surface area contributed by atoms with E-state index in [0.29, 0.717) is 43.0 Å². The third-order valence-electron chi connectivity index (χ3n) is 7.20. The van der Waals surface area contributed by atoms with Crippen molar-refractivity contribution in [3.05, 3.63) is 83.9 Å². The number of aliphatic hydroxyl groups excluding tert-OH is 3. The predicted octanol–water partition coefficient (Wildman–Crippen LogP) is 1.44. The molecular weight excluding hydrogens is 540 g/mol. The van der Waals surface area contributed by atoms with E-state index in [9.17, 15) is 15.3 Å². The van der Waals surface area contributed by atoms with Gasteiger partial charge in [0.1, 0.15) is 18.9 Å². The van der Waals surface area contributed by atoms with Gasteiger partial charge in [0.05, 0.1) is 12.9 Å². The fourth-order valence-electron chi connectivity index (χ4n) is 4.89. The van der Waals surface area contributed by atoms with Crippen LogP contribution in [0.3, 0.4) is 0 Å². The number of ether oxygens (including phenoxy) is 1. The Morgan fingerprint density at radius 1 is 0.976 bits per heavy atom. The van der Waals surface area contributed by atoms with Crippen LogP contribution < -0.4 is 10.2 Å². The van der Waals surface area contributed by atoms with Crippen molar-refractivity contribution in [2.24, 2.45) is 0 Å². The van der Waals surface area contributed by atoms with Gasteiger partial charge < -0.3 is 30.3 Å². The quantitative estimate of drug-likeness (QED) is 0.168. The number of hydrogen-bond acceptors (Lipinski definition) is 12. The van der Waals surface area contributed by atoms with Gasteiger partial charge in [0, 0.05) is 13.1 Å². The van der Waals surface area contributed by atoms with Gasteiger partial charge in [-0.15, -0.1) is 10.2 Å². The Bertz CT molecular complexity index is 1610. The van der Waals surface area contributed by atoms with Crippen LogP contribution >= 0.6 is 0 Å². The predicted molar refractivity (Wildman–Crippen MR) is 152 cm³/mol. The topological polar surface area (TPSA) is 172 Å². The monoisotopic (exact) mass is 572 g/mol. The molecule has 0 bridgehead atoms. The molecule has 218 valence electrons. The molecule has 0 saturated carbocycles. The molecule has 0 spiro atoms. The smallest absolute Gasteiger partial charge is 0.231 e. The van der Waals surface area contributed by atoms with E-state index in [1.807, 2.05) is 67.6 Å². The zero-order valence-corrected chi connectivity index (χ0v) is 23.0. The number of nitrogens with one attached hydrogen (secondary N) is 1. The molecule has 1 aliphatic heterocycles. The highest BCUT2D eigenvalue weighted by Crippen LogP contribution is 2.39. The van der Waals surface area contributed by atoms with E-state index >= 15 is 0 Å². The molecule has 3 aromatic heterocycles. The Morgan fingerprint density at radius 2 is 1.71 bits per heavy atom. The van der Waals surface area contributed by atoms with Crippen LogP contribution in [-0.2, 0) is 24.2 Å². The highest BCUT2D eigenvalue weighted by atomic mass is 16.6. The van der Waals surface area contributed by atoms with Crippen LogP contribution in [0.25, 0.3) is 11.2 Å². The number of fused-ring (bicyclic) bond motifs is 1. The van der Waals surface area contributed by atoms with Crippen molar-refractivity contribution < 1.29 is 20.1 Å². The first-order valence-corrected chi connectivity index (χ1v) is 13.8. The van der Waals surface area contributed by atoms with Gasteiger partial charge in [-0.2, -0.15) is 14.8 Å². The third kappa shape index (κ3) is 5.52. The summed E-state index contributed by atoms with van der Waals surface area (Å²) in [6, 6.07) is 19.8. The number of benzene rings is 2. The molecule has 1 fully saturated rings. The van der Waals surface area contributed by atoms with Crippen LogP contribution in [-0.4, -0.2) is 80.5 Å². The molecule has 0 radical (unpaired) electrons. The molecule has 4 atom stereocenters. The van der Waals surface area contributed by atoms with E-state index in [1.54, 1.807) is 9.47 Å². The minimum Gasteiger partial charge on any atom is -0.387 e. The minimum atomic E-state index is -1.33. The van der Waals surface area contributed by atoms with Crippen molar-refractivity contribution in [3.8, 4) is 0 Å². The van der Waals surface area contributed by atoms with Crippen LogP contribution in [0.1, 0.15) is 36.2 Å². The van der Waals surface area contributed by atoms with Crippen molar-refractivity contribution in [2.75, 3.05) is 23.5 Å². The number of aromatic nitrogens is 8. The first kappa shape index (κ1) is 27.7. The Kier molecular flexibility index (Phi) is 8.01. The zero-order chi connectivity index (χ0) is 29.1. The Hall–Kier alpha value is -4.50. The fourth-order valence-corrected chi connectivity index (χ4v) is 4.89. The summed E-state index contributed by atoms with van der Waals surface area (Å²) in [5.74, 6) is 0.895. The van der Waals surface area contributed by atoms with E-state index < -0.39 is 24.5 Å². The second-order valence-electron chi connectivity index (χ2n) is 9.94. The van der Waals surface area contributed by atoms with Crippen molar-refractivity contribution in [1.82, 2.24) is 39.7 Å². The number of aryl methyl sites for hydroxylation is 1. The number of imidazole rings is 1. The highest BCUT2D eigenvalue weighted by Gasteiger charge is 2.47.